The van der Waals surface area contributed by atoms with Crippen molar-refractivity contribution in [3.8, 4) is 0 Å². The molecule has 21 heavy (non-hydrogen) atoms. The van der Waals surface area contributed by atoms with Gasteiger partial charge in [0.05, 0.1) is 6.10 Å². The highest BCUT2D eigenvalue weighted by molar-refractivity contribution is 5.24. The molecule has 1 atom stereocenters. The lowest BCUT2D eigenvalue weighted by Crippen LogP contribution is -2.35. The zero-order chi connectivity index (χ0) is 15.8. The van der Waals surface area contributed by atoms with Crippen molar-refractivity contribution in [1.82, 2.24) is 10.2 Å². The van der Waals surface area contributed by atoms with Crippen LogP contribution in [0.2, 0.25) is 0 Å². The predicted molar refractivity (Wildman–Crippen MR) is 90.6 cm³/mol. The van der Waals surface area contributed by atoms with Gasteiger partial charge in [0.25, 0.3) is 0 Å². The first-order valence-electron chi connectivity index (χ1n) is 8.08. The van der Waals surface area contributed by atoms with Crippen molar-refractivity contribution < 1.29 is 5.11 Å². The first-order valence-corrected chi connectivity index (χ1v) is 8.08. The van der Waals surface area contributed by atoms with Crippen LogP contribution in [-0.4, -0.2) is 42.7 Å². The molecular weight excluding hydrogens is 260 g/mol. The van der Waals surface area contributed by atoms with Gasteiger partial charge in [0, 0.05) is 25.7 Å². The second kappa shape index (κ2) is 9.19. The van der Waals surface area contributed by atoms with Gasteiger partial charge in [-0.05, 0) is 44.4 Å². The van der Waals surface area contributed by atoms with Gasteiger partial charge in [-0.15, -0.1) is 0 Å². The zero-order valence-corrected chi connectivity index (χ0v) is 14.3. The molecular formula is C18H32N2O. The smallest absolute Gasteiger partial charge is 0.0914 e. The molecule has 3 nitrogen and oxygen atoms in total. The molecule has 0 saturated heterocycles. The molecule has 0 spiro atoms. The Morgan fingerprint density at radius 1 is 1.10 bits per heavy atom. The summed E-state index contributed by atoms with van der Waals surface area (Å²) in [6.45, 7) is 11.3. The van der Waals surface area contributed by atoms with Gasteiger partial charge in [0.1, 0.15) is 0 Å². The monoisotopic (exact) mass is 292 g/mol. The fourth-order valence-electron chi connectivity index (χ4n) is 2.22. The van der Waals surface area contributed by atoms with Crippen molar-refractivity contribution >= 4 is 0 Å². The van der Waals surface area contributed by atoms with E-state index >= 15 is 0 Å². The summed E-state index contributed by atoms with van der Waals surface area (Å²) in [7, 11) is 2.12. The minimum absolute atomic E-state index is 0.428. The first kappa shape index (κ1) is 18.1. The Hall–Kier alpha value is -0.900. The van der Waals surface area contributed by atoms with Gasteiger partial charge in [-0.3, -0.25) is 0 Å². The van der Waals surface area contributed by atoms with E-state index in [0.717, 1.165) is 25.1 Å². The topological polar surface area (TPSA) is 35.5 Å². The molecule has 0 bridgehead atoms. The molecule has 1 rings (SSSR count). The summed E-state index contributed by atoms with van der Waals surface area (Å²) >= 11 is 0. The van der Waals surface area contributed by atoms with Crippen molar-refractivity contribution in [3.05, 3.63) is 35.4 Å². The van der Waals surface area contributed by atoms with Crippen LogP contribution >= 0.6 is 0 Å². The number of rotatable bonds is 9. The van der Waals surface area contributed by atoms with E-state index in [2.05, 4.69) is 57.1 Å². The fourth-order valence-corrected chi connectivity index (χ4v) is 2.22. The Morgan fingerprint density at radius 3 is 2.24 bits per heavy atom. The summed E-state index contributed by atoms with van der Waals surface area (Å²) in [5, 5.41) is 13.5. The fraction of sp³-hybridized carbons (Fsp3) is 0.667. The Balaban J connectivity index is 2.33. The van der Waals surface area contributed by atoms with E-state index in [-0.39, 0.29) is 0 Å². The lowest BCUT2D eigenvalue weighted by Gasteiger charge is -2.21. The average Bonchev–Trinajstić information content (AvgIpc) is 2.43. The third-order valence-electron chi connectivity index (χ3n) is 3.87. The van der Waals surface area contributed by atoms with Crippen LogP contribution in [0, 0.1) is 5.92 Å². The molecule has 120 valence electrons. The largest absolute Gasteiger partial charge is 0.387 e. The molecule has 2 N–H and O–H groups in total. The second-order valence-corrected chi connectivity index (χ2v) is 6.63. The number of hydrogen-bond acceptors (Lipinski definition) is 3. The summed E-state index contributed by atoms with van der Waals surface area (Å²) in [5.74, 6) is 0.667. The normalized spacial score (nSPS) is 13.4. The van der Waals surface area contributed by atoms with Crippen molar-refractivity contribution in [3.63, 3.8) is 0 Å². The van der Waals surface area contributed by atoms with Crippen LogP contribution < -0.4 is 5.32 Å². The van der Waals surface area contributed by atoms with Gasteiger partial charge in [-0.25, -0.2) is 0 Å². The van der Waals surface area contributed by atoms with Crippen LogP contribution in [0.15, 0.2) is 24.3 Å². The number of benzene rings is 1. The lowest BCUT2D eigenvalue weighted by molar-refractivity contribution is 0.171. The minimum Gasteiger partial charge on any atom is -0.387 e. The third kappa shape index (κ3) is 7.07. The van der Waals surface area contributed by atoms with Crippen LogP contribution in [-0.2, 0) is 6.42 Å². The molecule has 0 radical (unpaired) electrons. The Labute approximate surface area is 130 Å². The van der Waals surface area contributed by atoms with E-state index in [9.17, 15) is 5.11 Å². The van der Waals surface area contributed by atoms with Gasteiger partial charge in [0.15, 0.2) is 0 Å². The van der Waals surface area contributed by atoms with Crippen molar-refractivity contribution in [2.24, 2.45) is 5.92 Å². The SMILES string of the molecule is CC(C)Cc1ccc(C(O)CNCCN(C)C(C)C)cc1. The maximum absolute atomic E-state index is 10.2. The van der Waals surface area contributed by atoms with Gasteiger partial charge in [-0.1, -0.05) is 38.1 Å². The van der Waals surface area contributed by atoms with E-state index in [4.69, 9.17) is 0 Å². The molecule has 1 aromatic rings. The van der Waals surface area contributed by atoms with Crippen LogP contribution in [0.4, 0.5) is 0 Å². The molecule has 0 saturated carbocycles. The summed E-state index contributed by atoms with van der Waals surface area (Å²) in [5.41, 5.74) is 2.33. The maximum Gasteiger partial charge on any atom is 0.0914 e. The number of likely N-dealkylation sites (N-methyl/N-ethyl adjacent to an activating group) is 1. The highest BCUT2D eigenvalue weighted by Crippen LogP contribution is 2.15. The molecule has 0 heterocycles. The highest BCUT2D eigenvalue weighted by Gasteiger charge is 2.08. The van der Waals surface area contributed by atoms with Crippen molar-refractivity contribution in [1.29, 1.82) is 0 Å². The standard InChI is InChI=1S/C18H32N2O/c1-14(2)12-16-6-8-17(9-7-16)18(21)13-19-10-11-20(5)15(3)4/h6-9,14-15,18-19,21H,10-13H2,1-5H3. The third-order valence-corrected chi connectivity index (χ3v) is 3.87. The second-order valence-electron chi connectivity index (χ2n) is 6.63. The lowest BCUT2D eigenvalue weighted by atomic mass is 10.0. The predicted octanol–water partition coefficient (Wildman–Crippen LogP) is 2.85. The van der Waals surface area contributed by atoms with Gasteiger partial charge >= 0.3 is 0 Å². The van der Waals surface area contributed by atoms with E-state index < -0.39 is 6.10 Å². The van der Waals surface area contributed by atoms with Crippen LogP contribution in [0.3, 0.4) is 0 Å². The van der Waals surface area contributed by atoms with E-state index in [1.54, 1.807) is 0 Å². The summed E-state index contributed by atoms with van der Waals surface area (Å²) in [6.07, 6.45) is 0.665. The van der Waals surface area contributed by atoms with E-state index in [0.29, 0.717) is 18.5 Å². The number of aliphatic hydroxyl groups excluding tert-OH is 1. The van der Waals surface area contributed by atoms with Gasteiger partial charge in [0.2, 0.25) is 0 Å². The molecule has 0 fully saturated rings. The van der Waals surface area contributed by atoms with E-state index in [1.807, 2.05) is 12.1 Å². The number of aliphatic hydroxyl groups is 1. The van der Waals surface area contributed by atoms with Crippen molar-refractivity contribution in [2.45, 2.75) is 46.3 Å². The molecule has 1 unspecified atom stereocenters. The summed E-state index contributed by atoms with van der Waals surface area (Å²) in [6, 6.07) is 8.91. The first-order chi connectivity index (χ1) is 9.90. The molecule has 0 aliphatic carbocycles. The molecule has 1 aromatic carbocycles. The van der Waals surface area contributed by atoms with Crippen LogP contribution in [0.25, 0.3) is 0 Å². The molecule has 0 aromatic heterocycles. The summed E-state index contributed by atoms with van der Waals surface area (Å²) in [4.78, 5) is 2.29. The van der Waals surface area contributed by atoms with Crippen LogP contribution in [0.1, 0.15) is 44.9 Å². The maximum atomic E-state index is 10.2. The zero-order valence-electron chi connectivity index (χ0n) is 14.3. The Morgan fingerprint density at radius 2 is 1.71 bits per heavy atom. The molecule has 0 aliphatic rings. The molecule has 0 amide bonds. The van der Waals surface area contributed by atoms with Crippen LogP contribution in [0.5, 0.6) is 0 Å². The number of nitrogens with one attached hydrogen (secondary N) is 1. The molecule has 3 heteroatoms. The van der Waals surface area contributed by atoms with Crippen molar-refractivity contribution in [2.75, 3.05) is 26.7 Å². The van der Waals surface area contributed by atoms with E-state index in [1.165, 1.54) is 5.56 Å². The minimum atomic E-state index is -0.428. The summed E-state index contributed by atoms with van der Waals surface area (Å²) < 4.78 is 0. The Kier molecular flexibility index (Phi) is 7.94. The Bertz CT molecular complexity index is 387. The number of hydrogen-bond donors (Lipinski definition) is 2. The van der Waals surface area contributed by atoms with Gasteiger partial charge < -0.3 is 15.3 Å². The highest BCUT2D eigenvalue weighted by atomic mass is 16.3. The average molecular weight is 292 g/mol. The van der Waals surface area contributed by atoms with Gasteiger partial charge in [-0.2, -0.15) is 0 Å². The number of nitrogens with zero attached hydrogens (tertiary/aromatic N) is 1. The quantitative estimate of drug-likeness (QED) is 0.687. The molecule has 0 aliphatic heterocycles.